The highest BCUT2D eigenvalue weighted by molar-refractivity contribution is 5.74. The van der Waals surface area contributed by atoms with Crippen LogP contribution >= 0.6 is 0 Å². The molecule has 1 aromatic heterocycles. The lowest BCUT2D eigenvalue weighted by atomic mass is 10.1. The minimum absolute atomic E-state index is 0.275. The smallest absolute Gasteiger partial charge is 0.315 e. The molecule has 2 amide bonds. The molecule has 7 heteroatoms. The zero-order valence-electron chi connectivity index (χ0n) is 10.4. The van der Waals surface area contributed by atoms with Crippen LogP contribution in [0.1, 0.15) is 24.8 Å². The summed E-state index contributed by atoms with van der Waals surface area (Å²) in [7, 11) is 0. The molecule has 0 saturated carbocycles. The highest BCUT2D eigenvalue weighted by Crippen LogP contribution is 2.01. The predicted molar refractivity (Wildman–Crippen MR) is 62.9 cm³/mol. The Kier molecular flexibility index (Phi) is 5.16. The standard InChI is InChI=1S/C11H17N3O4/c1-7(10(15)16)3-4-12-11(17)13-6-9-5-8(2)18-14-9/h5,7H,3-4,6H2,1-2H3,(H,15,16)(H2,12,13,17). The quantitative estimate of drug-likeness (QED) is 0.700. The molecular weight excluding hydrogens is 238 g/mol. The van der Waals surface area contributed by atoms with E-state index in [1.165, 1.54) is 0 Å². The van der Waals surface area contributed by atoms with E-state index in [9.17, 15) is 9.59 Å². The molecule has 18 heavy (non-hydrogen) atoms. The normalized spacial score (nSPS) is 11.9. The number of aromatic nitrogens is 1. The zero-order valence-corrected chi connectivity index (χ0v) is 10.4. The average molecular weight is 255 g/mol. The average Bonchev–Trinajstić information content (AvgIpc) is 2.72. The van der Waals surface area contributed by atoms with Crippen LogP contribution in [0.3, 0.4) is 0 Å². The lowest BCUT2D eigenvalue weighted by Gasteiger charge is -2.08. The van der Waals surface area contributed by atoms with E-state index in [1.54, 1.807) is 19.9 Å². The SMILES string of the molecule is Cc1cc(CNC(=O)NCCC(C)C(=O)O)no1. The van der Waals surface area contributed by atoms with E-state index in [0.29, 0.717) is 24.4 Å². The van der Waals surface area contributed by atoms with Gasteiger partial charge in [-0.15, -0.1) is 0 Å². The molecular formula is C11H17N3O4. The van der Waals surface area contributed by atoms with Crippen LogP contribution in [0.2, 0.25) is 0 Å². The Labute approximate surface area is 105 Å². The number of carboxylic acid groups (broad SMARTS) is 1. The van der Waals surface area contributed by atoms with Crippen LogP contribution < -0.4 is 10.6 Å². The second-order valence-electron chi connectivity index (χ2n) is 4.07. The van der Waals surface area contributed by atoms with Crippen molar-refractivity contribution in [2.24, 2.45) is 5.92 Å². The van der Waals surface area contributed by atoms with E-state index >= 15 is 0 Å². The molecule has 1 rings (SSSR count). The Bertz CT molecular complexity index is 416. The number of aliphatic carboxylic acids is 1. The monoisotopic (exact) mass is 255 g/mol. The lowest BCUT2D eigenvalue weighted by molar-refractivity contribution is -0.141. The van der Waals surface area contributed by atoms with Gasteiger partial charge < -0.3 is 20.3 Å². The van der Waals surface area contributed by atoms with Gasteiger partial charge >= 0.3 is 12.0 Å². The topological polar surface area (TPSA) is 104 Å². The van der Waals surface area contributed by atoms with Crippen molar-refractivity contribution in [2.75, 3.05) is 6.54 Å². The zero-order chi connectivity index (χ0) is 13.5. The van der Waals surface area contributed by atoms with Gasteiger partial charge in [0.2, 0.25) is 0 Å². The number of rotatable bonds is 6. The first-order valence-electron chi connectivity index (χ1n) is 5.65. The molecule has 3 N–H and O–H groups in total. The maximum Gasteiger partial charge on any atom is 0.315 e. The van der Waals surface area contributed by atoms with Crippen LogP contribution in [-0.2, 0) is 11.3 Å². The summed E-state index contributed by atoms with van der Waals surface area (Å²) in [4.78, 5) is 21.9. The summed E-state index contributed by atoms with van der Waals surface area (Å²) in [5.41, 5.74) is 0.640. The van der Waals surface area contributed by atoms with Gasteiger partial charge in [0.25, 0.3) is 0 Å². The molecule has 0 bridgehead atoms. The van der Waals surface area contributed by atoms with E-state index in [-0.39, 0.29) is 12.6 Å². The molecule has 0 aliphatic rings. The van der Waals surface area contributed by atoms with Crippen LogP contribution in [0.15, 0.2) is 10.6 Å². The Balaban J connectivity index is 2.16. The van der Waals surface area contributed by atoms with Crippen LogP contribution in [-0.4, -0.2) is 28.8 Å². The number of aryl methyl sites for hydroxylation is 1. The summed E-state index contributed by atoms with van der Waals surface area (Å²) >= 11 is 0. The van der Waals surface area contributed by atoms with Gasteiger partial charge in [-0.25, -0.2) is 4.79 Å². The van der Waals surface area contributed by atoms with E-state index in [2.05, 4.69) is 15.8 Å². The number of amides is 2. The third kappa shape index (κ3) is 4.86. The Morgan fingerprint density at radius 1 is 1.50 bits per heavy atom. The second kappa shape index (κ2) is 6.63. The van der Waals surface area contributed by atoms with Crippen molar-refractivity contribution in [3.05, 3.63) is 17.5 Å². The molecule has 0 spiro atoms. The second-order valence-corrected chi connectivity index (χ2v) is 4.07. The van der Waals surface area contributed by atoms with E-state index in [1.807, 2.05) is 0 Å². The highest BCUT2D eigenvalue weighted by Gasteiger charge is 2.10. The number of nitrogens with zero attached hydrogens (tertiary/aromatic N) is 1. The Morgan fingerprint density at radius 3 is 2.78 bits per heavy atom. The molecule has 0 aliphatic carbocycles. The van der Waals surface area contributed by atoms with Crippen molar-refractivity contribution in [3.8, 4) is 0 Å². The van der Waals surface area contributed by atoms with Crippen molar-refractivity contribution in [1.29, 1.82) is 0 Å². The minimum atomic E-state index is -0.865. The maximum atomic E-state index is 11.3. The first-order chi connectivity index (χ1) is 8.49. The third-order valence-electron chi connectivity index (χ3n) is 2.39. The van der Waals surface area contributed by atoms with Gasteiger partial charge in [-0.05, 0) is 13.3 Å². The van der Waals surface area contributed by atoms with Crippen LogP contribution in [0.4, 0.5) is 4.79 Å². The molecule has 0 aliphatic heterocycles. The summed E-state index contributed by atoms with van der Waals surface area (Å²) in [6.07, 6.45) is 0.395. The third-order valence-corrected chi connectivity index (χ3v) is 2.39. The number of urea groups is 1. The molecule has 100 valence electrons. The van der Waals surface area contributed by atoms with Crippen molar-refractivity contribution in [1.82, 2.24) is 15.8 Å². The molecule has 1 aromatic rings. The molecule has 0 aromatic carbocycles. The fourth-order valence-electron chi connectivity index (χ4n) is 1.26. The summed E-state index contributed by atoms with van der Waals surface area (Å²) in [6, 6.07) is 1.38. The summed E-state index contributed by atoms with van der Waals surface area (Å²) in [5.74, 6) is -0.652. The molecule has 1 heterocycles. The maximum absolute atomic E-state index is 11.3. The Hall–Kier alpha value is -2.05. The van der Waals surface area contributed by atoms with E-state index in [4.69, 9.17) is 9.63 Å². The first-order valence-corrected chi connectivity index (χ1v) is 5.65. The lowest BCUT2D eigenvalue weighted by Crippen LogP contribution is -2.36. The fourth-order valence-corrected chi connectivity index (χ4v) is 1.26. The van der Waals surface area contributed by atoms with Crippen molar-refractivity contribution in [2.45, 2.75) is 26.8 Å². The van der Waals surface area contributed by atoms with Gasteiger partial charge in [0.15, 0.2) is 0 Å². The van der Waals surface area contributed by atoms with Crippen molar-refractivity contribution in [3.63, 3.8) is 0 Å². The minimum Gasteiger partial charge on any atom is -0.481 e. The van der Waals surface area contributed by atoms with Gasteiger partial charge in [0, 0.05) is 12.6 Å². The molecule has 0 fully saturated rings. The number of nitrogens with one attached hydrogen (secondary N) is 2. The number of carbonyl (C=O) groups excluding carboxylic acids is 1. The number of carbonyl (C=O) groups is 2. The highest BCUT2D eigenvalue weighted by atomic mass is 16.5. The number of carboxylic acids is 1. The van der Waals surface area contributed by atoms with Crippen LogP contribution in [0.25, 0.3) is 0 Å². The van der Waals surface area contributed by atoms with Crippen molar-refractivity contribution >= 4 is 12.0 Å². The number of hydrogen-bond donors (Lipinski definition) is 3. The molecule has 0 radical (unpaired) electrons. The molecule has 0 saturated heterocycles. The molecule has 1 atom stereocenters. The fraction of sp³-hybridized carbons (Fsp3) is 0.545. The summed E-state index contributed by atoms with van der Waals surface area (Å²) < 4.78 is 4.85. The van der Waals surface area contributed by atoms with Crippen LogP contribution in [0, 0.1) is 12.8 Å². The van der Waals surface area contributed by atoms with Gasteiger partial charge in [-0.3, -0.25) is 4.79 Å². The molecule has 7 nitrogen and oxygen atoms in total. The molecule has 1 unspecified atom stereocenters. The predicted octanol–water partition coefficient (Wildman–Crippen LogP) is 0.893. The number of hydrogen-bond acceptors (Lipinski definition) is 4. The Morgan fingerprint density at radius 2 is 2.22 bits per heavy atom. The van der Waals surface area contributed by atoms with Crippen LogP contribution in [0.5, 0.6) is 0 Å². The summed E-state index contributed by atoms with van der Waals surface area (Å²) in [5, 5.41) is 17.5. The first kappa shape index (κ1) is 14.0. The summed E-state index contributed by atoms with van der Waals surface area (Å²) in [6.45, 7) is 3.96. The van der Waals surface area contributed by atoms with Gasteiger partial charge in [-0.2, -0.15) is 0 Å². The van der Waals surface area contributed by atoms with Crippen molar-refractivity contribution < 1.29 is 19.2 Å². The largest absolute Gasteiger partial charge is 0.481 e. The van der Waals surface area contributed by atoms with Gasteiger partial charge in [0.05, 0.1) is 12.5 Å². The van der Waals surface area contributed by atoms with E-state index in [0.717, 1.165) is 0 Å². The van der Waals surface area contributed by atoms with E-state index < -0.39 is 11.9 Å². The van der Waals surface area contributed by atoms with Gasteiger partial charge in [-0.1, -0.05) is 12.1 Å². The van der Waals surface area contributed by atoms with Gasteiger partial charge in [0.1, 0.15) is 11.5 Å².